The summed E-state index contributed by atoms with van der Waals surface area (Å²) in [6, 6.07) is 7.06. The number of hydrogen-bond acceptors (Lipinski definition) is 3. The van der Waals surface area contributed by atoms with E-state index in [0.717, 1.165) is 0 Å². The van der Waals surface area contributed by atoms with Crippen LogP contribution in [-0.4, -0.2) is 37.4 Å². The van der Waals surface area contributed by atoms with Crippen LogP contribution < -0.4 is 15.5 Å². The SMILES string of the molecule is C#Cc1cccc(N(CC)C(=O)CNC(=O)CNC(C)=O)c1. The minimum atomic E-state index is -0.419. The van der Waals surface area contributed by atoms with Crippen LogP contribution >= 0.6 is 0 Å². The number of carbonyl (C=O) groups excluding carboxylic acids is 3. The van der Waals surface area contributed by atoms with Gasteiger partial charge in [0.15, 0.2) is 0 Å². The van der Waals surface area contributed by atoms with Crippen LogP contribution in [-0.2, 0) is 14.4 Å². The second-order valence-corrected chi connectivity index (χ2v) is 4.52. The molecule has 0 unspecified atom stereocenters. The summed E-state index contributed by atoms with van der Waals surface area (Å²) < 4.78 is 0. The van der Waals surface area contributed by atoms with Gasteiger partial charge in [0.25, 0.3) is 0 Å². The van der Waals surface area contributed by atoms with Crippen LogP contribution in [0.5, 0.6) is 0 Å². The first-order chi connectivity index (χ1) is 10.5. The molecule has 0 bridgehead atoms. The van der Waals surface area contributed by atoms with Crippen LogP contribution in [0.1, 0.15) is 19.4 Å². The fourth-order valence-electron chi connectivity index (χ4n) is 1.80. The van der Waals surface area contributed by atoms with Gasteiger partial charge in [-0.25, -0.2) is 0 Å². The second kappa shape index (κ2) is 8.47. The van der Waals surface area contributed by atoms with Gasteiger partial charge in [0.2, 0.25) is 17.7 Å². The van der Waals surface area contributed by atoms with E-state index in [2.05, 4.69) is 16.6 Å². The molecule has 1 aromatic carbocycles. The minimum Gasteiger partial charge on any atom is -0.347 e. The third kappa shape index (κ3) is 5.29. The predicted octanol–water partition coefficient (Wildman–Crippen LogP) is 0.273. The summed E-state index contributed by atoms with van der Waals surface area (Å²) >= 11 is 0. The molecule has 6 nitrogen and oxygen atoms in total. The molecule has 0 radical (unpaired) electrons. The van der Waals surface area contributed by atoms with Crippen molar-refractivity contribution in [1.29, 1.82) is 0 Å². The van der Waals surface area contributed by atoms with Gasteiger partial charge in [-0.3, -0.25) is 14.4 Å². The van der Waals surface area contributed by atoms with Crippen molar-refractivity contribution in [2.24, 2.45) is 0 Å². The molecule has 0 saturated heterocycles. The maximum absolute atomic E-state index is 12.2. The molecule has 0 saturated carbocycles. The highest BCUT2D eigenvalue weighted by atomic mass is 16.2. The highest BCUT2D eigenvalue weighted by molar-refractivity contribution is 5.97. The van der Waals surface area contributed by atoms with E-state index in [9.17, 15) is 14.4 Å². The number of terminal acetylenes is 1. The summed E-state index contributed by atoms with van der Waals surface area (Å²) in [5.41, 5.74) is 1.36. The third-order valence-corrected chi connectivity index (χ3v) is 2.88. The smallest absolute Gasteiger partial charge is 0.246 e. The standard InChI is InChI=1S/C16H19N3O3/c1-4-13-7-6-8-14(9-13)19(5-2)16(22)11-18-15(21)10-17-12(3)20/h1,6-9H,5,10-11H2,2-3H3,(H,17,20)(H,18,21). The molecular weight excluding hydrogens is 282 g/mol. The molecule has 3 amide bonds. The van der Waals surface area contributed by atoms with Crippen molar-refractivity contribution in [3.05, 3.63) is 29.8 Å². The fourth-order valence-corrected chi connectivity index (χ4v) is 1.80. The predicted molar refractivity (Wildman–Crippen MR) is 84.1 cm³/mol. The Kier molecular flexibility index (Phi) is 6.64. The monoisotopic (exact) mass is 301 g/mol. The van der Waals surface area contributed by atoms with Crippen molar-refractivity contribution in [2.45, 2.75) is 13.8 Å². The molecule has 0 aliphatic heterocycles. The molecule has 22 heavy (non-hydrogen) atoms. The van der Waals surface area contributed by atoms with E-state index < -0.39 is 5.91 Å². The quantitative estimate of drug-likeness (QED) is 0.741. The summed E-state index contributed by atoms with van der Waals surface area (Å²) in [5, 5.41) is 4.83. The highest BCUT2D eigenvalue weighted by Gasteiger charge is 2.15. The summed E-state index contributed by atoms with van der Waals surface area (Å²) in [6.45, 7) is 3.30. The Bertz CT molecular complexity index is 605. The zero-order valence-corrected chi connectivity index (χ0v) is 12.7. The average Bonchev–Trinajstić information content (AvgIpc) is 2.51. The lowest BCUT2D eigenvalue weighted by Gasteiger charge is -2.21. The summed E-state index contributed by atoms with van der Waals surface area (Å²) in [4.78, 5) is 35.9. The second-order valence-electron chi connectivity index (χ2n) is 4.52. The molecule has 116 valence electrons. The molecule has 0 atom stereocenters. The summed E-state index contributed by atoms with van der Waals surface area (Å²) in [7, 11) is 0. The first-order valence-corrected chi connectivity index (χ1v) is 6.86. The Morgan fingerprint density at radius 3 is 2.55 bits per heavy atom. The van der Waals surface area contributed by atoms with Gasteiger partial charge in [0, 0.05) is 24.7 Å². The van der Waals surface area contributed by atoms with Gasteiger partial charge in [-0.05, 0) is 25.1 Å². The van der Waals surface area contributed by atoms with Crippen molar-refractivity contribution < 1.29 is 14.4 Å². The number of amides is 3. The molecule has 0 aliphatic carbocycles. The molecule has 0 aliphatic rings. The topological polar surface area (TPSA) is 78.5 Å². The van der Waals surface area contributed by atoms with Crippen molar-refractivity contribution >= 4 is 23.4 Å². The number of rotatable bonds is 6. The van der Waals surface area contributed by atoms with Crippen molar-refractivity contribution in [3.8, 4) is 12.3 Å². The van der Waals surface area contributed by atoms with Crippen molar-refractivity contribution in [2.75, 3.05) is 24.5 Å². The van der Waals surface area contributed by atoms with E-state index in [4.69, 9.17) is 6.42 Å². The molecule has 6 heteroatoms. The van der Waals surface area contributed by atoms with Gasteiger partial charge in [-0.2, -0.15) is 0 Å². The zero-order chi connectivity index (χ0) is 16.5. The van der Waals surface area contributed by atoms with Crippen LogP contribution in [0.3, 0.4) is 0 Å². The Morgan fingerprint density at radius 1 is 1.23 bits per heavy atom. The van der Waals surface area contributed by atoms with E-state index in [-0.39, 0.29) is 24.9 Å². The van der Waals surface area contributed by atoms with E-state index in [0.29, 0.717) is 17.8 Å². The lowest BCUT2D eigenvalue weighted by atomic mass is 10.2. The molecule has 0 fully saturated rings. The third-order valence-electron chi connectivity index (χ3n) is 2.88. The number of nitrogens with zero attached hydrogens (tertiary/aromatic N) is 1. The molecule has 0 heterocycles. The van der Waals surface area contributed by atoms with Crippen molar-refractivity contribution in [3.63, 3.8) is 0 Å². The van der Waals surface area contributed by atoms with Crippen LogP contribution in [0.2, 0.25) is 0 Å². The number of anilines is 1. The minimum absolute atomic E-state index is 0.146. The number of carbonyl (C=O) groups is 3. The fraction of sp³-hybridized carbons (Fsp3) is 0.312. The Morgan fingerprint density at radius 2 is 1.95 bits per heavy atom. The number of nitrogens with one attached hydrogen (secondary N) is 2. The summed E-state index contributed by atoms with van der Waals surface area (Å²) in [5.74, 6) is 1.54. The first-order valence-electron chi connectivity index (χ1n) is 6.86. The maximum Gasteiger partial charge on any atom is 0.246 e. The number of benzene rings is 1. The lowest BCUT2D eigenvalue weighted by Crippen LogP contribution is -2.43. The average molecular weight is 301 g/mol. The first kappa shape index (κ1) is 17.2. The molecule has 1 aromatic rings. The van der Waals surface area contributed by atoms with E-state index >= 15 is 0 Å². The Labute approximate surface area is 129 Å². The largest absolute Gasteiger partial charge is 0.347 e. The zero-order valence-electron chi connectivity index (χ0n) is 12.7. The van der Waals surface area contributed by atoms with Crippen LogP contribution in [0.25, 0.3) is 0 Å². The molecular formula is C16H19N3O3. The highest BCUT2D eigenvalue weighted by Crippen LogP contribution is 2.15. The number of likely N-dealkylation sites (N-methyl/N-ethyl adjacent to an activating group) is 1. The van der Waals surface area contributed by atoms with Gasteiger partial charge in [-0.15, -0.1) is 6.42 Å². The van der Waals surface area contributed by atoms with Crippen LogP contribution in [0.15, 0.2) is 24.3 Å². The van der Waals surface area contributed by atoms with Crippen LogP contribution in [0.4, 0.5) is 5.69 Å². The lowest BCUT2D eigenvalue weighted by molar-refractivity contribution is -0.126. The van der Waals surface area contributed by atoms with Gasteiger partial charge < -0.3 is 15.5 Å². The van der Waals surface area contributed by atoms with Gasteiger partial charge in [0.1, 0.15) is 0 Å². The summed E-state index contributed by atoms with van der Waals surface area (Å²) in [6.07, 6.45) is 5.35. The van der Waals surface area contributed by atoms with Crippen molar-refractivity contribution in [1.82, 2.24) is 10.6 Å². The molecule has 0 spiro atoms. The Balaban J connectivity index is 2.63. The van der Waals surface area contributed by atoms with E-state index in [1.165, 1.54) is 11.8 Å². The molecule has 0 aromatic heterocycles. The molecule has 2 N–H and O–H groups in total. The normalized spacial score (nSPS) is 9.50. The van der Waals surface area contributed by atoms with Crippen LogP contribution in [0, 0.1) is 12.3 Å². The van der Waals surface area contributed by atoms with E-state index in [1.54, 1.807) is 24.3 Å². The maximum atomic E-state index is 12.2. The van der Waals surface area contributed by atoms with Gasteiger partial charge in [0.05, 0.1) is 13.1 Å². The van der Waals surface area contributed by atoms with Gasteiger partial charge in [-0.1, -0.05) is 12.0 Å². The van der Waals surface area contributed by atoms with Gasteiger partial charge >= 0.3 is 0 Å². The number of hydrogen-bond donors (Lipinski definition) is 2. The molecule has 1 rings (SSSR count). The Hall–Kier alpha value is -2.81. The van der Waals surface area contributed by atoms with E-state index in [1.807, 2.05) is 6.92 Å².